The lowest BCUT2D eigenvalue weighted by Crippen LogP contribution is -2.58. The van der Waals surface area contributed by atoms with E-state index in [1.807, 2.05) is 0 Å². The number of amides is 1. The van der Waals surface area contributed by atoms with E-state index >= 15 is 4.39 Å². The van der Waals surface area contributed by atoms with Gasteiger partial charge in [-0.05, 0) is 29.3 Å². The Morgan fingerprint density at radius 3 is 2.42 bits per heavy atom. The fourth-order valence-corrected chi connectivity index (χ4v) is 3.99. The zero-order valence-electron chi connectivity index (χ0n) is 16.5. The molecule has 4 rings (SSSR count). The standard InChI is InChI=1S/C22H19ClF4N2O2/c1-2-19(30)29-12-20(24,13-29)15-8-6-14(7-9-15)18-11-21(31-28-18,22(25,26)27)16-4-3-5-17(23)10-16/h3-11,28H,2,12-13H2,1H3. The summed E-state index contributed by atoms with van der Waals surface area (Å²) < 4.78 is 57.0. The van der Waals surface area contributed by atoms with Crippen LogP contribution in [0.1, 0.15) is 30.0 Å². The minimum atomic E-state index is -4.75. The van der Waals surface area contributed by atoms with E-state index in [4.69, 9.17) is 16.4 Å². The Morgan fingerprint density at radius 2 is 1.84 bits per heavy atom. The van der Waals surface area contributed by atoms with Gasteiger partial charge in [-0.2, -0.15) is 13.2 Å². The Bertz CT molecular complexity index is 1030. The van der Waals surface area contributed by atoms with Gasteiger partial charge in [-0.1, -0.05) is 54.9 Å². The normalized spacial score (nSPS) is 22.5. The molecule has 0 radical (unpaired) electrons. The van der Waals surface area contributed by atoms with Gasteiger partial charge in [0, 0.05) is 17.0 Å². The van der Waals surface area contributed by atoms with Gasteiger partial charge in [0.05, 0.1) is 18.8 Å². The van der Waals surface area contributed by atoms with E-state index in [1.54, 1.807) is 6.92 Å². The molecule has 0 aromatic heterocycles. The van der Waals surface area contributed by atoms with Gasteiger partial charge >= 0.3 is 6.18 Å². The quantitative estimate of drug-likeness (QED) is 0.654. The molecule has 1 N–H and O–H groups in total. The first-order valence-corrected chi connectivity index (χ1v) is 10.0. The van der Waals surface area contributed by atoms with Gasteiger partial charge < -0.3 is 4.90 Å². The molecule has 2 aliphatic heterocycles. The van der Waals surface area contributed by atoms with Gasteiger partial charge in [0.2, 0.25) is 11.5 Å². The van der Waals surface area contributed by atoms with Gasteiger partial charge in [0.15, 0.2) is 5.67 Å². The van der Waals surface area contributed by atoms with Gasteiger partial charge in [0.1, 0.15) is 0 Å². The third kappa shape index (κ3) is 3.68. The summed E-state index contributed by atoms with van der Waals surface area (Å²) in [7, 11) is 0. The number of benzene rings is 2. The fraction of sp³-hybridized carbons (Fsp3) is 0.318. The molecule has 1 saturated heterocycles. The highest BCUT2D eigenvalue weighted by molar-refractivity contribution is 6.30. The van der Waals surface area contributed by atoms with Crippen LogP contribution in [0.25, 0.3) is 5.70 Å². The average molecular weight is 455 g/mol. The molecule has 2 aromatic carbocycles. The van der Waals surface area contributed by atoms with E-state index in [0.29, 0.717) is 17.5 Å². The molecular formula is C22H19ClF4N2O2. The SMILES string of the molecule is CCC(=O)N1CC(F)(c2ccc(C3=CC(c4cccc(Cl)c4)(C(F)(F)F)ON3)cc2)C1. The van der Waals surface area contributed by atoms with Crippen LogP contribution in [0.4, 0.5) is 17.6 Å². The lowest BCUT2D eigenvalue weighted by atomic mass is 9.86. The van der Waals surface area contributed by atoms with Gasteiger partial charge in [-0.3, -0.25) is 15.1 Å². The highest BCUT2D eigenvalue weighted by Gasteiger charge is 2.59. The Morgan fingerprint density at radius 1 is 1.16 bits per heavy atom. The molecule has 1 amide bonds. The minimum Gasteiger partial charge on any atom is -0.335 e. The highest BCUT2D eigenvalue weighted by atomic mass is 35.5. The van der Waals surface area contributed by atoms with E-state index < -0.39 is 17.4 Å². The van der Waals surface area contributed by atoms with E-state index in [1.165, 1.54) is 53.4 Å². The number of nitrogens with one attached hydrogen (secondary N) is 1. The van der Waals surface area contributed by atoms with Crippen LogP contribution in [0.15, 0.2) is 54.6 Å². The fourth-order valence-electron chi connectivity index (χ4n) is 3.79. The number of rotatable bonds is 4. The van der Waals surface area contributed by atoms with Crippen molar-refractivity contribution in [2.45, 2.75) is 30.8 Å². The second kappa shape index (κ2) is 7.53. The first-order valence-electron chi connectivity index (χ1n) is 9.65. The number of carbonyl (C=O) groups excluding carboxylic acids is 1. The van der Waals surface area contributed by atoms with Crippen molar-refractivity contribution < 1.29 is 27.2 Å². The van der Waals surface area contributed by atoms with Crippen LogP contribution in [0.5, 0.6) is 0 Å². The molecule has 1 unspecified atom stereocenters. The predicted molar refractivity (Wildman–Crippen MR) is 107 cm³/mol. The monoisotopic (exact) mass is 454 g/mol. The molecular weight excluding hydrogens is 436 g/mol. The minimum absolute atomic E-state index is 0.0327. The summed E-state index contributed by atoms with van der Waals surface area (Å²) in [5, 5.41) is 0.153. The topological polar surface area (TPSA) is 41.6 Å². The van der Waals surface area contributed by atoms with Crippen LogP contribution in [0, 0.1) is 0 Å². The Labute approximate surface area is 181 Å². The summed E-state index contributed by atoms with van der Waals surface area (Å²) in [6, 6.07) is 11.4. The first-order chi connectivity index (χ1) is 14.6. The number of hydroxylamine groups is 1. The van der Waals surface area contributed by atoms with Crippen LogP contribution in [0.3, 0.4) is 0 Å². The first kappa shape index (κ1) is 21.6. The van der Waals surface area contributed by atoms with Crippen LogP contribution in [-0.4, -0.2) is 30.1 Å². The third-order valence-electron chi connectivity index (χ3n) is 5.60. The molecule has 2 aliphatic rings. The average Bonchev–Trinajstić information content (AvgIpc) is 3.18. The molecule has 2 aromatic rings. The molecule has 1 fully saturated rings. The van der Waals surface area contributed by atoms with Crippen molar-refractivity contribution >= 4 is 23.2 Å². The summed E-state index contributed by atoms with van der Waals surface area (Å²) in [5.74, 6) is -0.119. The van der Waals surface area contributed by atoms with Crippen LogP contribution < -0.4 is 5.48 Å². The highest BCUT2D eigenvalue weighted by Crippen LogP contribution is 2.47. The molecule has 0 aliphatic carbocycles. The Balaban J connectivity index is 1.60. The Hall–Kier alpha value is -2.58. The molecule has 1 atom stereocenters. The van der Waals surface area contributed by atoms with Crippen molar-refractivity contribution in [3.8, 4) is 0 Å². The van der Waals surface area contributed by atoms with Crippen molar-refractivity contribution in [3.05, 3.63) is 76.3 Å². The van der Waals surface area contributed by atoms with E-state index in [2.05, 4.69) is 5.48 Å². The smallest absolute Gasteiger partial charge is 0.335 e. The predicted octanol–water partition coefficient (Wildman–Crippen LogP) is 5.09. The lowest BCUT2D eigenvalue weighted by Gasteiger charge is -2.44. The number of alkyl halides is 4. The van der Waals surface area contributed by atoms with Gasteiger partial charge in [-0.15, -0.1) is 0 Å². The summed E-state index contributed by atoms with van der Waals surface area (Å²) in [6.07, 6.45) is -3.50. The summed E-state index contributed by atoms with van der Waals surface area (Å²) >= 11 is 5.88. The number of hydrogen-bond acceptors (Lipinski definition) is 3. The summed E-state index contributed by atoms with van der Waals surface area (Å²) in [5.41, 5.74) is -1.29. The molecule has 9 heteroatoms. The van der Waals surface area contributed by atoms with E-state index in [0.717, 1.165) is 6.08 Å². The maximum Gasteiger partial charge on any atom is 0.428 e. The van der Waals surface area contributed by atoms with Crippen molar-refractivity contribution in [1.29, 1.82) is 0 Å². The maximum absolute atomic E-state index is 15.0. The molecule has 31 heavy (non-hydrogen) atoms. The van der Waals surface area contributed by atoms with Crippen molar-refractivity contribution in [3.63, 3.8) is 0 Å². The van der Waals surface area contributed by atoms with Gasteiger partial charge in [0.25, 0.3) is 0 Å². The lowest BCUT2D eigenvalue weighted by molar-refractivity contribution is -0.269. The summed E-state index contributed by atoms with van der Waals surface area (Å²) in [4.78, 5) is 18.1. The molecule has 164 valence electrons. The zero-order chi connectivity index (χ0) is 22.4. The second-order valence-corrected chi connectivity index (χ2v) is 8.09. The second-order valence-electron chi connectivity index (χ2n) is 7.65. The maximum atomic E-state index is 15.0. The number of likely N-dealkylation sites (tertiary alicyclic amines) is 1. The molecule has 0 saturated carbocycles. The van der Waals surface area contributed by atoms with Crippen LogP contribution in [-0.2, 0) is 20.9 Å². The number of nitrogens with zero attached hydrogens (tertiary/aromatic N) is 1. The van der Waals surface area contributed by atoms with Crippen molar-refractivity contribution in [1.82, 2.24) is 10.4 Å². The van der Waals surface area contributed by atoms with Crippen molar-refractivity contribution in [2.75, 3.05) is 13.1 Å². The van der Waals surface area contributed by atoms with Crippen molar-refractivity contribution in [2.24, 2.45) is 0 Å². The number of hydrogen-bond donors (Lipinski definition) is 1. The number of carbonyl (C=O) groups is 1. The van der Waals surface area contributed by atoms with Crippen LogP contribution >= 0.6 is 11.6 Å². The third-order valence-corrected chi connectivity index (χ3v) is 5.83. The summed E-state index contributed by atoms with van der Waals surface area (Å²) in [6.45, 7) is 1.65. The van der Waals surface area contributed by atoms with Gasteiger partial charge in [-0.25, -0.2) is 4.39 Å². The van der Waals surface area contributed by atoms with Crippen LogP contribution in [0.2, 0.25) is 5.02 Å². The molecule has 2 heterocycles. The molecule has 0 spiro atoms. The largest absolute Gasteiger partial charge is 0.428 e. The van der Waals surface area contributed by atoms with E-state index in [9.17, 15) is 18.0 Å². The number of halogens is 5. The molecule has 0 bridgehead atoms. The zero-order valence-corrected chi connectivity index (χ0v) is 17.2. The molecule has 4 nitrogen and oxygen atoms in total. The Kier molecular flexibility index (Phi) is 5.26. The van der Waals surface area contributed by atoms with E-state index in [-0.39, 0.29) is 35.3 Å².